The molecule has 4 nitrogen and oxygen atoms in total. The van der Waals surface area contributed by atoms with Crippen LogP contribution in [0.15, 0.2) is 29.6 Å². The Balaban J connectivity index is 1.49. The summed E-state index contributed by atoms with van der Waals surface area (Å²) < 4.78 is 0. The number of aryl methyl sites for hydroxylation is 1. The first kappa shape index (κ1) is 16.7. The molecule has 4 rings (SSSR count). The summed E-state index contributed by atoms with van der Waals surface area (Å²) in [5, 5.41) is 13.6. The van der Waals surface area contributed by atoms with E-state index >= 15 is 0 Å². The van der Waals surface area contributed by atoms with Crippen molar-refractivity contribution in [3.05, 3.63) is 51.5 Å². The molecule has 1 spiro atoms. The molecule has 1 atom stereocenters. The summed E-state index contributed by atoms with van der Waals surface area (Å²) in [7, 11) is 0. The van der Waals surface area contributed by atoms with Gasteiger partial charge in [0.1, 0.15) is 5.69 Å². The summed E-state index contributed by atoms with van der Waals surface area (Å²) in [5.41, 5.74) is 2.95. The van der Waals surface area contributed by atoms with Gasteiger partial charge in [0, 0.05) is 23.9 Å². The lowest BCUT2D eigenvalue weighted by atomic mass is 9.72. The fourth-order valence-corrected chi connectivity index (χ4v) is 5.25. The number of thiazole rings is 1. The largest absolute Gasteiger partial charge is 0.392 e. The van der Waals surface area contributed by atoms with E-state index in [0.29, 0.717) is 18.8 Å². The molecule has 5 heteroatoms. The zero-order valence-electron chi connectivity index (χ0n) is 14.6. The average Bonchev–Trinajstić information content (AvgIpc) is 3.20. The SMILES string of the molecule is CCCc1nc(C(=O)N2CCC3(CC2)c2ccccc2C[C@H]3O)cs1. The second-order valence-corrected chi connectivity index (χ2v) is 8.14. The van der Waals surface area contributed by atoms with Gasteiger partial charge in [0.25, 0.3) is 5.91 Å². The van der Waals surface area contributed by atoms with Gasteiger partial charge in [0.15, 0.2) is 0 Å². The van der Waals surface area contributed by atoms with Crippen LogP contribution in [-0.2, 0) is 18.3 Å². The number of carbonyl (C=O) groups excluding carboxylic acids is 1. The molecule has 0 unspecified atom stereocenters. The van der Waals surface area contributed by atoms with Crippen molar-refractivity contribution in [2.24, 2.45) is 0 Å². The van der Waals surface area contributed by atoms with Crippen LogP contribution in [0.25, 0.3) is 0 Å². The molecule has 0 bridgehead atoms. The summed E-state index contributed by atoms with van der Waals surface area (Å²) in [6, 6.07) is 8.37. The number of piperidine rings is 1. The van der Waals surface area contributed by atoms with Crippen molar-refractivity contribution in [1.29, 1.82) is 0 Å². The highest BCUT2D eigenvalue weighted by Gasteiger charge is 2.48. The van der Waals surface area contributed by atoms with Crippen LogP contribution in [0.1, 0.15) is 52.8 Å². The minimum Gasteiger partial charge on any atom is -0.392 e. The number of nitrogens with zero attached hydrogens (tertiary/aromatic N) is 2. The molecule has 1 aromatic heterocycles. The van der Waals surface area contributed by atoms with E-state index in [1.807, 2.05) is 16.3 Å². The maximum absolute atomic E-state index is 12.8. The Kier molecular flexibility index (Phi) is 4.38. The lowest BCUT2D eigenvalue weighted by molar-refractivity contribution is 0.0363. The summed E-state index contributed by atoms with van der Waals surface area (Å²) >= 11 is 1.58. The highest BCUT2D eigenvalue weighted by Crippen LogP contribution is 2.46. The zero-order valence-corrected chi connectivity index (χ0v) is 15.4. The molecule has 132 valence electrons. The lowest BCUT2D eigenvalue weighted by Crippen LogP contribution is -2.49. The molecule has 1 amide bonds. The Hall–Kier alpha value is -1.72. The number of fused-ring (bicyclic) bond motifs is 2. The van der Waals surface area contributed by atoms with Crippen LogP contribution in [0.4, 0.5) is 0 Å². The Morgan fingerprint density at radius 2 is 2.12 bits per heavy atom. The summed E-state index contributed by atoms with van der Waals surface area (Å²) in [6.07, 6.45) is 4.02. The fourth-order valence-electron chi connectivity index (χ4n) is 4.38. The van der Waals surface area contributed by atoms with E-state index in [0.717, 1.165) is 37.1 Å². The van der Waals surface area contributed by atoms with Gasteiger partial charge in [-0.2, -0.15) is 0 Å². The van der Waals surface area contributed by atoms with Crippen molar-refractivity contribution >= 4 is 17.2 Å². The molecule has 1 N–H and O–H groups in total. The van der Waals surface area contributed by atoms with Crippen LogP contribution in [0.3, 0.4) is 0 Å². The van der Waals surface area contributed by atoms with Crippen molar-refractivity contribution in [3.63, 3.8) is 0 Å². The van der Waals surface area contributed by atoms with Crippen LogP contribution < -0.4 is 0 Å². The van der Waals surface area contributed by atoms with Gasteiger partial charge in [0.05, 0.1) is 11.1 Å². The Bertz CT molecular complexity index is 778. The summed E-state index contributed by atoms with van der Waals surface area (Å²) in [5.74, 6) is 0.0363. The van der Waals surface area contributed by atoms with E-state index in [-0.39, 0.29) is 17.4 Å². The first-order chi connectivity index (χ1) is 12.1. The molecule has 2 heterocycles. The van der Waals surface area contributed by atoms with Gasteiger partial charge in [0.2, 0.25) is 0 Å². The van der Waals surface area contributed by atoms with E-state index < -0.39 is 0 Å². The van der Waals surface area contributed by atoms with Crippen molar-refractivity contribution < 1.29 is 9.90 Å². The number of hydrogen-bond donors (Lipinski definition) is 1. The second-order valence-electron chi connectivity index (χ2n) is 7.20. The average molecular weight is 356 g/mol. The molecule has 0 saturated carbocycles. The van der Waals surface area contributed by atoms with E-state index in [9.17, 15) is 9.90 Å². The highest BCUT2D eigenvalue weighted by atomic mass is 32.1. The van der Waals surface area contributed by atoms with Crippen LogP contribution in [0.2, 0.25) is 0 Å². The molecular formula is C20H24N2O2S. The number of aliphatic hydroxyl groups is 1. The number of likely N-dealkylation sites (tertiary alicyclic amines) is 1. The minimum absolute atomic E-state index is 0.0363. The lowest BCUT2D eigenvalue weighted by Gasteiger charge is -2.42. The predicted molar refractivity (Wildman–Crippen MR) is 99.1 cm³/mol. The number of carbonyl (C=O) groups is 1. The van der Waals surface area contributed by atoms with E-state index in [1.54, 1.807) is 11.3 Å². The normalized spacial score (nSPS) is 21.5. The van der Waals surface area contributed by atoms with Gasteiger partial charge in [-0.1, -0.05) is 31.2 Å². The monoisotopic (exact) mass is 356 g/mol. The highest BCUT2D eigenvalue weighted by molar-refractivity contribution is 7.09. The maximum Gasteiger partial charge on any atom is 0.273 e. The number of hydrogen-bond acceptors (Lipinski definition) is 4. The van der Waals surface area contributed by atoms with Gasteiger partial charge < -0.3 is 10.0 Å². The number of amides is 1. The van der Waals surface area contributed by atoms with Crippen molar-refractivity contribution in [3.8, 4) is 0 Å². The number of rotatable bonds is 3. The molecule has 1 aliphatic heterocycles. The summed E-state index contributed by atoms with van der Waals surface area (Å²) in [4.78, 5) is 19.2. The quantitative estimate of drug-likeness (QED) is 0.919. The minimum atomic E-state index is -0.336. The van der Waals surface area contributed by atoms with Crippen LogP contribution >= 0.6 is 11.3 Å². The number of aromatic nitrogens is 1. The van der Waals surface area contributed by atoms with Crippen LogP contribution in [0, 0.1) is 0 Å². The molecule has 1 fully saturated rings. The first-order valence-corrected chi connectivity index (χ1v) is 10.0. The van der Waals surface area contributed by atoms with Gasteiger partial charge >= 0.3 is 0 Å². The molecule has 1 saturated heterocycles. The Morgan fingerprint density at radius 1 is 1.36 bits per heavy atom. The number of benzene rings is 1. The predicted octanol–water partition coefficient (Wildman–Crippen LogP) is 3.19. The standard InChI is InChI=1S/C20H24N2O2S/c1-2-5-18-21-16(13-25-18)19(24)22-10-8-20(9-11-22)15-7-4-3-6-14(15)12-17(20)23/h3-4,6-7,13,17,23H,2,5,8-12H2,1H3/t17-/m1/s1. The van der Waals surface area contributed by atoms with Gasteiger partial charge in [-0.25, -0.2) is 4.98 Å². The van der Waals surface area contributed by atoms with Crippen molar-refractivity contribution in [2.45, 2.75) is 50.5 Å². The molecule has 1 aromatic carbocycles. The van der Waals surface area contributed by atoms with Gasteiger partial charge in [-0.15, -0.1) is 11.3 Å². The maximum atomic E-state index is 12.8. The first-order valence-electron chi connectivity index (χ1n) is 9.14. The topological polar surface area (TPSA) is 53.4 Å². The second kappa shape index (κ2) is 6.54. The van der Waals surface area contributed by atoms with E-state index in [4.69, 9.17) is 0 Å². The Morgan fingerprint density at radius 3 is 2.88 bits per heavy atom. The zero-order chi connectivity index (χ0) is 17.4. The fraction of sp³-hybridized carbons (Fsp3) is 0.500. The molecule has 1 aliphatic carbocycles. The molecule has 2 aromatic rings. The van der Waals surface area contributed by atoms with E-state index in [1.165, 1.54) is 11.1 Å². The van der Waals surface area contributed by atoms with Gasteiger partial charge in [-0.05, 0) is 43.2 Å². The van der Waals surface area contributed by atoms with Crippen LogP contribution in [-0.4, -0.2) is 40.1 Å². The van der Waals surface area contributed by atoms with Gasteiger partial charge in [-0.3, -0.25) is 4.79 Å². The third-order valence-corrected chi connectivity index (χ3v) is 6.69. The van der Waals surface area contributed by atoms with E-state index in [2.05, 4.69) is 30.1 Å². The van der Waals surface area contributed by atoms with Crippen LogP contribution in [0.5, 0.6) is 0 Å². The number of aliphatic hydroxyl groups excluding tert-OH is 1. The van der Waals surface area contributed by atoms with Crippen molar-refractivity contribution in [1.82, 2.24) is 9.88 Å². The molecule has 2 aliphatic rings. The van der Waals surface area contributed by atoms with Crippen molar-refractivity contribution in [2.75, 3.05) is 13.1 Å². The molecule has 25 heavy (non-hydrogen) atoms. The molecule has 0 radical (unpaired) electrons. The molecular weight excluding hydrogens is 332 g/mol. The third kappa shape index (κ3) is 2.79. The summed E-state index contributed by atoms with van der Waals surface area (Å²) in [6.45, 7) is 3.49. The smallest absolute Gasteiger partial charge is 0.273 e. The third-order valence-electron chi connectivity index (χ3n) is 5.78. The Labute approximate surface area is 152 Å².